The summed E-state index contributed by atoms with van der Waals surface area (Å²) in [5.74, 6) is 1.19. The summed E-state index contributed by atoms with van der Waals surface area (Å²) in [6.45, 7) is 0.771. The third-order valence-electron chi connectivity index (χ3n) is 4.31. The molecule has 2 aromatic carbocycles. The number of rotatable bonds is 12. The summed E-state index contributed by atoms with van der Waals surface area (Å²) in [5.41, 5.74) is 2.07. The highest BCUT2D eigenvalue weighted by Gasteiger charge is 2.01. The third kappa shape index (κ3) is 7.96. The Labute approximate surface area is 160 Å². The summed E-state index contributed by atoms with van der Waals surface area (Å²) in [5, 5.41) is 10.8. The molecule has 3 heteroatoms. The van der Waals surface area contributed by atoms with E-state index < -0.39 is 0 Å². The molecule has 0 heterocycles. The van der Waals surface area contributed by atoms with Crippen LogP contribution in [0.3, 0.4) is 0 Å². The minimum Gasteiger partial charge on any atom is -0.508 e. The van der Waals surface area contributed by atoms with E-state index in [0.717, 1.165) is 35.2 Å². The van der Waals surface area contributed by atoms with Gasteiger partial charge in [0.25, 0.3) is 0 Å². The third-order valence-corrected chi connectivity index (χ3v) is 4.87. The molecule has 0 aliphatic rings. The maximum atomic E-state index is 9.61. The zero-order valence-electron chi connectivity index (χ0n) is 14.9. The molecule has 2 aromatic rings. The topological polar surface area (TPSA) is 29.5 Å². The minimum atomic E-state index is 0.288. The van der Waals surface area contributed by atoms with E-state index in [1.807, 2.05) is 36.4 Å². The predicted octanol–water partition coefficient (Wildman–Crippen LogP) is 6.95. The fourth-order valence-electron chi connectivity index (χ4n) is 2.90. The lowest BCUT2D eigenvalue weighted by atomic mass is 10.1. The summed E-state index contributed by atoms with van der Waals surface area (Å²) in [4.78, 5) is 0. The van der Waals surface area contributed by atoms with Crippen LogP contribution in [0.25, 0.3) is 11.1 Å². The van der Waals surface area contributed by atoms with Crippen LogP contribution in [-0.4, -0.2) is 17.0 Å². The van der Waals surface area contributed by atoms with Crippen LogP contribution in [0.15, 0.2) is 48.5 Å². The molecule has 0 saturated carbocycles. The Morgan fingerprint density at radius 3 is 2.00 bits per heavy atom. The fraction of sp³-hybridized carbons (Fsp3) is 0.455. The summed E-state index contributed by atoms with van der Waals surface area (Å²) in [6.07, 6.45) is 10.4. The molecule has 0 bridgehead atoms. The van der Waals surface area contributed by atoms with Gasteiger partial charge in [-0.25, -0.2) is 0 Å². The van der Waals surface area contributed by atoms with Gasteiger partial charge in [0.1, 0.15) is 11.5 Å². The molecule has 0 amide bonds. The molecule has 0 fully saturated rings. The predicted molar refractivity (Wildman–Crippen MR) is 110 cm³/mol. The number of unbranched alkanes of at least 4 members (excludes halogenated alkanes) is 7. The average molecular weight is 405 g/mol. The largest absolute Gasteiger partial charge is 0.508 e. The van der Waals surface area contributed by atoms with Gasteiger partial charge in [-0.2, -0.15) is 0 Å². The van der Waals surface area contributed by atoms with Crippen LogP contribution in [0.2, 0.25) is 0 Å². The maximum Gasteiger partial charge on any atom is 0.119 e. The van der Waals surface area contributed by atoms with Crippen LogP contribution in [0, 0.1) is 0 Å². The van der Waals surface area contributed by atoms with Crippen LogP contribution in [0.1, 0.15) is 51.4 Å². The maximum absolute atomic E-state index is 9.61. The number of aromatic hydroxyl groups is 1. The van der Waals surface area contributed by atoms with Crippen molar-refractivity contribution in [2.24, 2.45) is 0 Å². The van der Waals surface area contributed by atoms with Gasteiger partial charge in [0.15, 0.2) is 0 Å². The molecule has 0 saturated heterocycles. The lowest BCUT2D eigenvalue weighted by Gasteiger charge is -2.09. The van der Waals surface area contributed by atoms with Crippen molar-refractivity contribution in [1.82, 2.24) is 0 Å². The lowest BCUT2D eigenvalue weighted by molar-refractivity contribution is 0.304. The molecule has 0 spiro atoms. The molecule has 25 heavy (non-hydrogen) atoms. The van der Waals surface area contributed by atoms with E-state index in [9.17, 15) is 5.11 Å². The van der Waals surface area contributed by atoms with Crippen molar-refractivity contribution in [3.8, 4) is 22.6 Å². The lowest BCUT2D eigenvalue weighted by Crippen LogP contribution is -1.97. The molecule has 1 N–H and O–H groups in total. The summed E-state index contributed by atoms with van der Waals surface area (Å²) >= 11 is 3.48. The average Bonchev–Trinajstić information content (AvgIpc) is 2.63. The number of benzene rings is 2. The van der Waals surface area contributed by atoms with E-state index in [2.05, 4.69) is 15.9 Å². The normalized spacial score (nSPS) is 10.8. The van der Waals surface area contributed by atoms with E-state index in [0.29, 0.717) is 0 Å². The number of alkyl halides is 1. The quantitative estimate of drug-likeness (QED) is 0.306. The Bertz CT molecular complexity index is 612. The molecule has 0 unspecified atom stereocenters. The summed E-state index contributed by atoms with van der Waals surface area (Å²) < 4.78 is 5.89. The molecule has 0 aliphatic heterocycles. The Kier molecular flexibility index (Phi) is 9.50. The van der Waals surface area contributed by atoms with Crippen molar-refractivity contribution < 1.29 is 9.84 Å². The number of phenols is 1. The smallest absolute Gasteiger partial charge is 0.119 e. The van der Waals surface area contributed by atoms with Gasteiger partial charge in [-0.1, -0.05) is 78.7 Å². The van der Waals surface area contributed by atoms with Crippen molar-refractivity contribution >= 4 is 15.9 Å². The van der Waals surface area contributed by atoms with Crippen LogP contribution >= 0.6 is 15.9 Å². The second kappa shape index (κ2) is 12.0. The van der Waals surface area contributed by atoms with Gasteiger partial charge in [-0.15, -0.1) is 0 Å². The van der Waals surface area contributed by atoms with Gasteiger partial charge in [-0.05, 0) is 48.2 Å². The van der Waals surface area contributed by atoms with Crippen molar-refractivity contribution in [2.75, 3.05) is 11.9 Å². The summed E-state index contributed by atoms with van der Waals surface area (Å²) in [6, 6.07) is 15.4. The van der Waals surface area contributed by atoms with E-state index >= 15 is 0 Å². The second-order valence-corrected chi connectivity index (χ2v) is 7.24. The van der Waals surface area contributed by atoms with Gasteiger partial charge in [-0.3, -0.25) is 0 Å². The number of hydrogen-bond acceptors (Lipinski definition) is 2. The van der Waals surface area contributed by atoms with Crippen molar-refractivity contribution in [2.45, 2.75) is 51.4 Å². The van der Waals surface area contributed by atoms with Crippen LogP contribution < -0.4 is 4.74 Å². The number of hydrogen-bond donors (Lipinski definition) is 1. The Balaban J connectivity index is 1.64. The Morgan fingerprint density at radius 2 is 1.32 bits per heavy atom. The first-order valence-electron chi connectivity index (χ1n) is 9.38. The van der Waals surface area contributed by atoms with Crippen LogP contribution in [0.4, 0.5) is 0 Å². The zero-order chi connectivity index (χ0) is 17.7. The molecular weight excluding hydrogens is 376 g/mol. The molecule has 0 aromatic heterocycles. The van der Waals surface area contributed by atoms with Crippen LogP contribution in [0.5, 0.6) is 11.5 Å². The minimum absolute atomic E-state index is 0.288. The SMILES string of the molecule is Oc1cccc(-c2cccc(OCCCCCCCCCCBr)c2)c1. The van der Waals surface area contributed by atoms with Crippen molar-refractivity contribution in [1.29, 1.82) is 0 Å². The highest BCUT2D eigenvalue weighted by atomic mass is 79.9. The number of phenolic OH excluding ortho intramolecular Hbond substituents is 1. The van der Waals surface area contributed by atoms with Gasteiger partial charge in [0.2, 0.25) is 0 Å². The van der Waals surface area contributed by atoms with Crippen molar-refractivity contribution in [3.63, 3.8) is 0 Å². The first-order chi connectivity index (χ1) is 12.3. The highest BCUT2D eigenvalue weighted by molar-refractivity contribution is 9.09. The molecular formula is C22H29BrO2. The standard InChI is InChI=1S/C22H29BrO2/c23-15-7-5-3-1-2-4-6-8-16-25-22-14-10-12-20(18-22)19-11-9-13-21(24)17-19/h9-14,17-18,24H,1-8,15-16H2. The van der Waals surface area contributed by atoms with Crippen molar-refractivity contribution in [3.05, 3.63) is 48.5 Å². The number of ether oxygens (including phenoxy) is 1. The van der Waals surface area contributed by atoms with E-state index in [-0.39, 0.29) is 5.75 Å². The van der Waals surface area contributed by atoms with Gasteiger partial charge in [0.05, 0.1) is 6.61 Å². The van der Waals surface area contributed by atoms with E-state index in [4.69, 9.17) is 4.74 Å². The molecule has 0 atom stereocenters. The highest BCUT2D eigenvalue weighted by Crippen LogP contribution is 2.26. The van der Waals surface area contributed by atoms with Gasteiger partial charge in [0, 0.05) is 5.33 Å². The van der Waals surface area contributed by atoms with E-state index in [1.54, 1.807) is 12.1 Å². The van der Waals surface area contributed by atoms with Gasteiger partial charge < -0.3 is 9.84 Å². The van der Waals surface area contributed by atoms with Gasteiger partial charge >= 0.3 is 0 Å². The van der Waals surface area contributed by atoms with Crippen LogP contribution in [-0.2, 0) is 0 Å². The monoisotopic (exact) mass is 404 g/mol. The Hall–Kier alpha value is -1.48. The molecule has 2 nitrogen and oxygen atoms in total. The number of halogens is 1. The molecule has 0 aliphatic carbocycles. The first kappa shape index (κ1) is 19.8. The van der Waals surface area contributed by atoms with E-state index in [1.165, 1.54) is 44.9 Å². The molecule has 136 valence electrons. The molecule has 0 radical (unpaired) electrons. The Morgan fingerprint density at radius 1 is 0.720 bits per heavy atom. The molecule has 2 rings (SSSR count). The second-order valence-electron chi connectivity index (χ2n) is 6.44. The fourth-order valence-corrected chi connectivity index (χ4v) is 3.29. The zero-order valence-corrected chi connectivity index (χ0v) is 16.5. The summed E-state index contributed by atoms with van der Waals surface area (Å²) in [7, 11) is 0. The first-order valence-corrected chi connectivity index (χ1v) is 10.5.